The molecule has 4 aromatic rings. The molecule has 2 N–H and O–H groups in total. The van der Waals surface area contributed by atoms with E-state index in [2.05, 4.69) is 31.5 Å². The van der Waals surface area contributed by atoms with Crippen molar-refractivity contribution in [2.45, 2.75) is 31.5 Å². The van der Waals surface area contributed by atoms with Gasteiger partial charge in [-0.2, -0.15) is 5.26 Å². The van der Waals surface area contributed by atoms with Gasteiger partial charge in [-0.05, 0) is 48.7 Å². The van der Waals surface area contributed by atoms with E-state index in [9.17, 15) is 10.4 Å². The topological polar surface area (TPSA) is 112 Å². The summed E-state index contributed by atoms with van der Waals surface area (Å²) >= 11 is 6.27. The van der Waals surface area contributed by atoms with E-state index in [1.54, 1.807) is 25.7 Å². The van der Waals surface area contributed by atoms with Crippen LogP contribution in [0.25, 0.3) is 10.8 Å². The molecule has 2 aromatic carbocycles. The molecule has 2 aromatic heterocycles. The minimum Gasteiger partial charge on any atom is -0.495 e. The number of methoxy groups -OCH3 is 1. The largest absolute Gasteiger partial charge is 0.495 e. The molecule has 9 nitrogen and oxygen atoms in total. The number of nitrogens with zero attached hydrogens (tertiary/aromatic N) is 6. The fourth-order valence-corrected chi connectivity index (χ4v) is 4.87. The second-order valence-corrected chi connectivity index (χ2v) is 9.42. The van der Waals surface area contributed by atoms with Gasteiger partial charge in [-0.3, -0.25) is 0 Å². The second kappa shape index (κ2) is 10.0. The average Bonchev–Trinajstić information content (AvgIpc) is 3.40. The number of ether oxygens (including phenoxy) is 1. The van der Waals surface area contributed by atoms with Gasteiger partial charge in [0, 0.05) is 42.8 Å². The minimum atomic E-state index is -0.796. The molecule has 0 spiro atoms. The summed E-state index contributed by atoms with van der Waals surface area (Å²) in [7, 11) is 1.58. The lowest BCUT2D eigenvalue weighted by atomic mass is 9.91. The molecule has 1 saturated heterocycles. The van der Waals surface area contributed by atoms with E-state index >= 15 is 0 Å². The Labute approximate surface area is 213 Å². The highest BCUT2D eigenvalue weighted by Gasteiger charge is 2.33. The SMILES string of the molecule is COc1ccc(CNc2nnc(N3CCC(O)(Cn4ccnc4)CC3)c3ccc(C#N)cc23)cc1Cl. The van der Waals surface area contributed by atoms with Gasteiger partial charge in [0.2, 0.25) is 0 Å². The molecule has 1 aliphatic rings. The van der Waals surface area contributed by atoms with E-state index < -0.39 is 5.60 Å². The van der Waals surface area contributed by atoms with Crippen LogP contribution in [0.2, 0.25) is 5.02 Å². The van der Waals surface area contributed by atoms with Gasteiger partial charge in [0.1, 0.15) is 5.75 Å². The Morgan fingerprint density at radius 1 is 1.17 bits per heavy atom. The first-order valence-corrected chi connectivity index (χ1v) is 12.1. The highest BCUT2D eigenvalue weighted by Crippen LogP contribution is 2.34. The maximum absolute atomic E-state index is 11.1. The number of benzene rings is 2. The molecule has 1 fully saturated rings. The standard InChI is InChI=1S/C26H26ClN7O2/c1-36-23-5-3-19(13-22(23)27)15-30-24-21-12-18(14-28)2-4-20(21)25(32-31-24)34-9-6-26(35,7-10-34)16-33-11-8-29-17-33/h2-5,8,11-13,17,35H,6-7,9-10,15-16H2,1H3,(H,30,31). The number of rotatable bonds is 7. The predicted octanol–water partition coefficient (Wildman–Crippen LogP) is 4.00. The summed E-state index contributed by atoms with van der Waals surface area (Å²) in [6.45, 7) is 2.28. The van der Waals surface area contributed by atoms with E-state index in [0.29, 0.717) is 61.2 Å². The zero-order chi connectivity index (χ0) is 25.1. The number of aromatic nitrogens is 4. The van der Waals surface area contributed by atoms with Crippen molar-refractivity contribution >= 4 is 34.0 Å². The van der Waals surface area contributed by atoms with Crippen molar-refractivity contribution < 1.29 is 9.84 Å². The summed E-state index contributed by atoms with van der Waals surface area (Å²) < 4.78 is 7.13. The third-order valence-corrected chi connectivity index (χ3v) is 6.89. The zero-order valence-electron chi connectivity index (χ0n) is 19.9. The molecule has 0 saturated carbocycles. The van der Waals surface area contributed by atoms with Crippen LogP contribution in [0.4, 0.5) is 11.6 Å². The number of aliphatic hydroxyl groups is 1. The molecule has 0 amide bonds. The molecule has 0 bridgehead atoms. The van der Waals surface area contributed by atoms with Crippen molar-refractivity contribution in [3.63, 3.8) is 0 Å². The lowest BCUT2D eigenvalue weighted by molar-refractivity contribution is -0.000162. The maximum atomic E-state index is 11.1. The van der Waals surface area contributed by atoms with E-state index in [4.69, 9.17) is 16.3 Å². The second-order valence-electron chi connectivity index (χ2n) is 9.01. The van der Waals surface area contributed by atoms with Crippen LogP contribution in [0, 0.1) is 11.3 Å². The summed E-state index contributed by atoms with van der Waals surface area (Å²) in [6, 6.07) is 13.3. The highest BCUT2D eigenvalue weighted by molar-refractivity contribution is 6.32. The van der Waals surface area contributed by atoms with Gasteiger partial charge in [0.05, 0.1) is 42.2 Å². The van der Waals surface area contributed by atoms with Gasteiger partial charge < -0.3 is 24.6 Å². The van der Waals surface area contributed by atoms with E-state index in [-0.39, 0.29) is 0 Å². The molecule has 1 aliphatic heterocycles. The number of imidazole rings is 1. The number of halogens is 1. The first-order chi connectivity index (χ1) is 17.5. The van der Waals surface area contributed by atoms with E-state index in [1.165, 1.54) is 0 Å². The third-order valence-electron chi connectivity index (χ3n) is 6.60. The van der Waals surface area contributed by atoms with Crippen LogP contribution in [-0.4, -0.2) is 50.7 Å². The fraction of sp³-hybridized carbons (Fsp3) is 0.308. The number of piperidine rings is 1. The number of nitriles is 1. The van der Waals surface area contributed by atoms with Crippen molar-refractivity contribution in [2.24, 2.45) is 0 Å². The van der Waals surface area contributed by atoms with Gasteiger partial charge in [0.15, 0.2) is 11.6 Å². The van der Waals surface area contributed by atoms with Gasteiger partial charge in [0.25, 0.3) is 0 Å². The summed E-state index contributed by atoms with van der Waals surface area (Å²) in [5.41, 5.74) is 0.713. The molecule has 0 aliphatic carbocycles. The Balaban J connectivity index is 1.38. The Bertz CT molecular complexity index is 1410. The van der Waals surface area contributed by atoms with Crippen molar-refractivity contribution in [1.82, 2.24) is 19.7 Å². The van der Waals surface area contributed by atoms with Gasteiger partial charge >= 0.3 is 0 Å². The van der Waals surface area contributed by atoms with Crippen LogP contribution in [0.3, 0.4) is 0 Å². The summed E-state index contributed by atoms with van der Waals surface area (Å²) in [5.74, 6) is 1.95. The molecular formula is C26H26ClN7O2. The minimum absolute atomic E-state index is 0.481. The average molecular weight is 504 g/mol. The Morgan fingerprint density at radius 3 is 2.69 bits per heavy atom. The molecule has 10 heteroatoms. The lowest BCUT2D eigenvalue weighted by Crippen LogP contribution is -2.47. The summed E-state index contributed by atoms with van der Waals surface area (Å²) in [6.07, 6.45) is 6.50. The molecule has 0 unspecified atom stereocenters. The molecule has 0 atom stereocenters. The Morgan fingerprint density at radius 2 is 2.00 bits per heavy atom. The van der Waals surface area contributed by atoms with Crippen LogP contribution >= 0.6 is 11.6 Å². The number of anilines is 2. The van der Waals surface area contributed by atoms with Gasteiger partial charge in [-0.15, -0.1) is 10.2 Å². The van der Waals surface area contributed by atoms with Crippen molar-refractivity contribution in [3.05, 3.63) is 71.3 Å². The summed E-state index contributed by atoms with van der Waals surface area (Å²) in [4.78, 5) is 6.22. The van der Waals surface area contributed by atoms with Crippen molar-refractivity contribution in [3.8, 4) is 11.8 Å². The number of fused-ring (bicyclic) bond motifs is 1. The van der Waals surface area contributed by atoms with Crippen molar-refractivity contribution in [1.29, 1.82) is 5.26 Å². The molecule has 0 radical (unpaired) electrons. The number of hydrogen-bond donors (Lipinski definition) is 2. The Kier molecular flexibility index (Phi) is 6.63. The Hall–Kier alpha value is -3.87. The van der Waals surface area contributed by atoms with E-state index in [1.807, 2.05) is 41.1 Å². The fourth-order valence-electron chi connectivity index (χ4n) is 4.59. The predicted molar refractivity (Wildman–Crippen MR) is 138 cm³/mol. The number of nitrogens with one attached hydrogen (secondary N) is 1. The zero-order valence-corrected chi connectivity index (χ0v) is 20.6. The normalized spacial score (nSPS) is 15.0. The van der Waals surface area contributed by atoms with E-state index in [0.717, 1.165) is 22.2 Å². The molecule has 184 valence electrons. The molecule has 36 heavy (non-hydrogen) atoms. The van der Waals surface area contributed by atoms with Crippen LogP contribution in [0.15, 0.2) is 55.1 Å². The van der Waals surface area contributed by atoms with Gasteiger partial charge in [-0.25, -0.2) is 4.98 Å². The van der Waals surface area contributed by atoms with Gasteiger partial charge in [-0.1, -0.05) is 17.7 Å². The monoisotopic (exact) mass is 503 g/mol. The van der Waals surface area contributed by atoms with Crippen LogP contribution < -0.4 is 15.0 Å². The van der Waals surface area contributed by atoms with Crippen LogP contribution in [0.5, 0.6) is 5.75 Å². The molecule has 5 rings (SSSR count). The quantitative estimate of drug-likeness (QED) is 0.389. The first kappa shape index (κ1) is 23.9. The van der Waals surface area contributed by atoms with Crippen molar-refractivity contribution in [2.75, 3.05) is 30.4 Å². The highest BCUT2D eigenvalue weighted by atomic mass is 35.5. The third kappa shape index (κ3) is 4.91. The summed E-state index contributed by atoms with van der Waals surface area (Å²) in [5, 5.41) is 35.2. The molecule has 3 heterocycles. The maximum Gasteiger partial charge on any atom is 0.159 e. The van der Waals surface area contributed by atoms with Crippen LogP contribution in [-0.2, 0) is 13.1 Å². The first-order valence-electron chi connectivity index (χ1n) is 11.7. The smallest absolute Gasteiger partial charge is 0.159 e. The lowest BCUT2D eigenvalue weighted by Gasteiger charge is -2.39. The number of hydrogen-bond acceptors (Lipinski definition) is 8. The van der Waals surface area contributed by atoms with Crippen LogP contribution in [0.1, 0.15) is 24.0 Å². The molecular weight excluding hydrogens is 478 g/mol.